The fourth-order valence-corrected chi connectivity index (χ4v) is 2.92. The van der Waals surface area contributed by atoms with Gasteiger partial charge in [-0.25, -0.2) is 0 Å². The molecule has 0 amide bonds. The highest BCUT2D eigenvalue weighted by atomic mass is 16.5. The Balaban J connectivity index is 2.28. The summed E-state index contributed by atoms with van der Waals surface area (Å²) in [4.78, 5) is 14.3. The number of likely N-dealkylation sites (N-methyl/N-ethyl adjacent to an activating group) is 1. The minimum Gasteiger partial charge on any atom is -0.464 e. The smallest absolute Gasteiger partial charge is 0.308 e. The van der Waals surface area contributed by atoms with Gasteiger partial charge in [0.15, 0.2) is 0 Å². The molecule has 1 fully saturated rings. The molecule has 1 saturated carbocycles. The summed E-state index contributed by atoms with van der Waals surface area (Å²) in [6.07, 6.45) is 3.18. The van der Waals surface area contributed by atoms with Gasteiger partial charge in [0.05, 0.1) is 5.92 Å². The predicted molar refractivity (Wildman–Crippen MR) is 79.0 cm³/mol. The number of carbonyl (C=O) groups excluding carboxylic acids is 1. The average Bonchev–Trinajstić information content (AvgIpc) is 2.83. The van der Waals surface area contributed by atoms with E-state index in [1.54, 1.807) is 0 Å². The van der Waals surface area contributed by atoms with Crippen LogP contribution in [0.4, 0.5) is 0 Å². The maximum Gasteiger partial charge on any atom is 0.308 e. The van der Waals surface area contributed by atoms with Gasteiger partial charge < -0.3 is 9.64 Å². The zero-order chi connectivity index (χ0) is 14.5. The van der Waals surface area contributed by atoms with Crippen molar-refractivity contribution < 1.29 is 9.53 Å². The Kier molecular flexibility index (Phi) is 6.31. The largest absolute Gasteiger partial charge is 0.464 e. The monoisotopic (exact) mass is 269 g/mol. The van der Waals surface area contributed by atoms with Crippen LogP contribution in [0.2, 0.25) is 0 Å². The van der Waals surface area contributed by atoms with Crippen LogP contribution in [0.3, 0.4) is 0 Å². The third-order valence-corrected chi connectivity index (χ3v) is 4.54. The Morgan fingerprint density at radius 3 is 2.32 bits per heavy atom. The fourth-order valence-electron chi connectivity index (χ4n) is 2.92. The number of hydrogen-bond acceptors (Lipinski definition) is 3. The SMILES string of the molecule is CCN(CC)CCOC(=O)C1CCC(C(C)(C)C)C1. The second-order valence-corrected chi connectivity index (χ2v) is 6.77. The summed E-state index contributed by atoms with van der Waals surface area (Å²) < 4.78 is 5.44. The summed E-state index contributed by atoms with van der Waals surface area (Å²) in [5.74, 6) is 0.827. The number of carbonyl (C=O) groups is 1. The van der Waals surface area contributed by atoms with E-state index in [-0.39, 0.29) is 11.9 Å². The Morgan fingerprint density at radius 1 is 1.21 bits per heavy atom. The Morgan fingerprint density at radius 2 is 1.84 bits per heavy atom. The van der Waals surface area contributed by atoms with Gasteiger partial charge in [-0.3, -0.25) is 4.79 Å². The molecule has 112 valence electrons. The molecular weight excluding hydrogens is 238 g/mol. The van der Waals surface area contributed by atoms with Crippen LogP contribution in [-0.2, 0) is 9.53 Å². The molecule has 0 aromatic heterocycles. The lowest BCUT2D eigenvalue weighted by Crippen LogP contribution is -2.29. The molecule has 0 saturated heterocycles. The summed E-state index contributed by atoms with van der Waals surface area (Å²) >= 11 is 0. The molecule has 2 atom stereocenters. The van der Waals surface area contributed by atoms with Crippen LogP contribution < -0.4 is 0 Å². The van der Waals surface area contributed by atoms with Crippen LogP contribution in [0, 0.1) is 17.3 Å². The molecule has 0 N–H and O–H groups in total. The molecule has 19 heavy (non-hydrogen) atoms. The molecule has 0 spiro atoms. The lowest BCUT2D eigenvalue weighted by molar-refractivity contribution is -0.148. The molecule has 1 aliphatic carbocycles. The van der Waals surface area contributed by atoms with Crippen LogP contribution in [0.15, 0.2) is 0 Å². The molecule has 0 aromatic rings. The van der Waals surface area contributed by atoms with Crippen molar-refractivity contribution in [1.82, 2.24) is 4.90 Å². The minimum atomic E-state index is 0.0268. The highest BCUT2D eigenvalue weighted by Gasteiger charge is 2.36. The van der Waals surface area contributed by atoms with Crippen LogP contribution in [-0.4, -0.2) is 37.1 Å². The number of esters is 1. The first-order chi connectivity index (χ1) is 8.88. The second kappa shape index (κ2) is 7.28. The summed E-state index contributed by atoms with van der Waals surface area (Å²) in [7, 11) is 0. The van der Waals surface area contributed by atoms with Crippen molar-refractivity contribution >= 4 is 5.97 Å². The van der Waals surface area contributed by atoms with Gasteiger partial charge in [-0.1, -0.05) is 34.6 Å². The van der Waals surface area contributed by atoms with E-state index in [2.05, 4.69) is 39.5 Å². The second-order valence-electron chi connectivity index (χ2n) is 6.77. The van der Waals surface area contributed by atoms with Crippen molar-refractivity contribution in [3.05, 3.63) is 0 Å². The van der Waals surface area contributed by atoms with Gasteiger partial charge in [0.2, 0.25) is 0 Å². The topological polar surface area (TPSA) is 29.5 Å². The van der Waals surface area contributed by atoms with E-state index in [1.165, 1.54) is 6.42 Å². The van der Waals surface area contributed by atoms with Gasteiger partial charge in [-0.05, 0) is 43.7 Å². The summed E-state index contributed by atoms with van der Waals surface area (Å²) in [5.41, 5.74) is 0.316. The lowest BCUT2D eigenvalue weighted by Gasteiger charge is -2.26. The molecule has 0 aromatic carbocycles. The number of hydrogen-bond donors (Lipinski definition) is 0. The highest BCUT2D eigenvalue weighted by molar-refractivity contribution is 5.72. The number of rotatable bonds is 6. The third-order valence-electron chi connectivity index (χ3n) is 4.54. The Bertz CT molecular complexity index is 279. The van der Waals surface area contributed by atoms with E-state index in [1.807, 2.05) is 0 Å². The van der Waals surface area contributed by atoms with E-state index >= 15 is 0 Å². The zero-order valence-corrected chi connectivity index (χ0v) is 13.4. The minimum absolute atomic E-state index is 0.0268. The molecule has 1 rings (SSSR count). The van der Waals surface area contributed by atoms with E-state index in [0.717, 1.165) is 32.5 Å². The van der Waals surface area contributed by atoms with Crippen LogP contribution in [0.1, 0.15) is 53.9 Å². The van der Waals surface area contributed by atoms with E-state index in [9.17, 15) is 4.79 Å². The average molecular weight is 269 g/mol. The van der Waals surface area contributed by atoms with Gasteiger partial charge in [-0.15, -0.1) is 0 Å². The normalized spacial score (nSPS) is 23.9. The van der Waals surface area contributed by atoms with Crippen molar-refractivity contribution in [1.29, 1.82) is 0 Å². The molecule has 0 heterocycles. The van der Waals surface area contributed by atoms with Crippen molar-refractivity contribution in [3.63, 3.8) is 0 Å². The van der Waals surface area contributed by atoms with Gasteiger partial charge in [0.1, 0.15) is 6.61 Å². The van der Waals surface area contributed by atoms with Crippen molar-refractivity contribution in [2.24, 2.45) is 17.3 Å². The van der Waals surface area contributed by atoms with E-state index in [0.29, 0.717) is 17.9 Å². The molecule has 2 unspecified atom stereocenters. The van der Waals surface area contributed by atoms with Crippen LogP contribution >= 0.6 is 0 Å². The lowest BCUT2D eigenvalue weighted by atomic mass is 9.79. The van der Waals surface area contributed by atoms with Crippen molar-refractivity contribution in [2.45, 2.75) is 53.9 Å². The van der Waals surface area contributed by atoms with Crippen LogP contribution in [0.5, 0.6) is 0 Å². The Hall–Kier alpha value is -0.570. The summed E-state index contributed by atoms with van der Waals surface area (Å²) in [6, 6.07) is 0. The zero-order valence-electron chi connectivity index (χ0n) is 13.4. The Labute approximate surface area is 118 Å². The molecule has 0 radical (unpaired) electrons. The van der Waals surface area contributed by atoms with Gasteiger partial charge >= 0.3 is 5.97 Å². The molecule has 1 aliphatic rings. The number of nitrogens with zero attached hydrogens (tertiary/aromatic N) is 1. The van der Waals surface area contributed by atoms with E-state index in [4.69, 9.17) is 4.74 Å². The first kappa shape index (κ1) is 16.5. The standard InChI is InChI=1S/C16H31NO2/c1-6-17(7-2)10-11-19-15(18)13-8-9-14(12-13)16(3,4)5/h13-14H,6-12H2,1-5H3. The summed E-state index contributed by atoms with van der Waals surface area (Å²) in [5, 5.41) is 0. The van der Waals surface area contributed by atoms with E-state index < -0.39 is 0 Å². The van der Waals surface area contributed by atoms with Gasteiger partial charge in [0.25, 0.3) is 0 Å². The fraction of sp³-hybridized carbons (Fsp3) is 0.938. The molecule has 3 nitrogen and oxygen atoms in total. The van der Waals surface area contributed by atoms with Gasteiger partial charge in [-0.2, -0.15) is 0 Å². The van der Waals surface area contributed by atoms with Gasteiger partial charge in [0, 0.05) is 6.54 Å². The molecule has 3 heteroatoms. The maximum atomic E-state index is 12.0. The molecule has 0 aliphatic heterocycles. The first-order valence-electron chi connectivity index (χ1n) is 7.77. The number of ether oxygens (including phenoxy) is 1. The van der Waals surface area contributed by atoms with Crippen LogP contribution in [0.25, 0.3) is 0 Å². The molecular formula is C16H31NO2. The predicted octanol–water partition coefficient (Wildman–Crippen LogP) is 3.33. The highest BCUT2D eigenvalue weighted by Crippen LogP contribution is 2.42. The quantitative estimate of drug-likeness (QED) is 0.693. The molecule has 0 bridgehead atoms. The maximum absolute atomic E-state index is 12.0. The first-order valence-corrected chi connectivity index (χ1v) is 7.77. The van der Waals surface area contributed by atoms with Crippen molar-refractivity contribution in [2.75, 3.05) is 26.2 Å². The summed E-state index contributed by atoms with van der Waals surface area (Å²) in [6.45, 7) is 14.5. The van der Waals surface area contributed by atoms with Crippen molar-refractivity contribution in [3.8, 4) is 0 Å². The third kappa shape index (κ3) is 5.13.